The molecule has 0 radical (unpaired) electrons. The van der Waals surface area contributed by atoms with Crippen molar-refractivity contribution in [3.63, 3.8) is 0 Å². The van der Waals surface area contributed by atoms with Gasteiger partial charge in [-0.2, -0.15) is 0 Å². The van der Waals surface area contributed by atoms with Crippen LogP contribution >= 0.6 is 7.60 Å². The van der Waals surface area contributed by atoms with E-state index in [1.807, 2.05) is 0 Å². The molecular formula is C12H19O6P. The Morgan fingerprint density at radius 3 is 2.42 bits per heavy atom. The summed E-state index contributed by atoms with van der Waals surface area (Å²) in [6, 6.07) is 3.50. The van der Waals surface area contributed by atoms with Gasteiger partial charge in [0.05, 0.1) is 26.4 Å². The lowest BCUT2D eigenvalue weighted by Crippen LogP contribution is -1.98. The molecule has 2 rings (SSSR count). The van der Waals surface area contributed by atoms with Gasteiger partial charge in [0.25, 0.3) is 0 Å². The van der Waals surface area contributed by atoms with Gasteiger partial charge in [0.1, 0.15) is 11.9 Å². The third-order valence-electron chi connectivity index (χ3n) is 2.54. The van der Waals surface area contributed by atoms with Crippen molar-refractivity contribution in [2.24, 2.45) is 0 Å². The number of furan rings is 1. The Morgan fingerprint density at radius 2 is 1.84 bits per heavy atom. The van der Waals surface area contributed by atoms with Crippen LogP contribution in [-0.2, 0) is 29.2 Å². The zero-order valence-electron chi connectivity index (χ0n) is 11.2. The highest BCUT2D eigenvalue weighted by Crippen LogP contribution is 2.51. The Bertz CT molecular complexity index is 427. The summed E-state index contributed by atoms with van der Waals surface area (Å²) < 4.78 is 39.0. The highest BCUT2D eigenvalue weighted by molar-refractivity contribution is 7.53. The molecular weight excluding hydrogens is 271 g/mol. The summed E-state index contributed by atoms with van der Waals surface area (Å²) >= 11 is 0. The molecule has 1 saturated heterocycles. The van der Waals surface area contributed by atoms with Crippen molar-refractivity contribution < 1.29 is 27.5 Å². The van der Waals surface area contributed by atoms with Gasteiger partial charge in [0, 0.05) is 0 Å². The summed E-state index contributed by atoms with van der Waals surface area (Å²) in [5, 5.41) is 0. The van der Waals surface area contributed by atoms with Crippen molar-refractivity contribution in [3.05, 3.63) is 23.7 Å². The SMILES string of the molecule is CCOP(=O)(Cc1ccc(C2OCCO2)o1)OCC. The van der Waals surface area contributed by atoms with Crippen LogP contribution in [0.2, 0.25) is 0 Å². The normalized spacial score (nSPS) is 17.2. The minimum absolute atomic E-state index is 0.112. The lowest BCUT2D eigenvalue weighted by atomic mass is 10.4. The second-order valence-electron chi connectivity index (χ2n) is 3.98. The van der Waals surface area contributed by atoms with Crippen LogP contribution in [0.25, 0.3) is 0 Å². The maximum Gasteiger partial charge on any atom is 0.338 e. The summed E-state index contributed by atoms with van der Waals surface area (Å²) in [5.41, 5.74) is 0. The molecule has 0 saturated carbocycles. The van der Waals surface area contributed by atoms with Crippen molar-refractivity contribution in [1.29, 1.82) is 0 Å². The fraction of sp³-hybridized carbons (Fsp3) is 0.667. The molecule has 2 heterocycles. The quantitative estimate of drug-likeness (QED) is 0.719. The van der Waals surface area contributed by atoms with E-state index < -0.39 is 13.9 Å². The number of rotatable bonds is 7. The summed E-state index contributed by atoms with van der Waals surface area (Å²) in [5.74, 6) is 1.12. The third kappa shape index (κ3) is 3.91. The highest BCUT2D eigenvalue weighted by atomic mass is 31.2. The van der Waals surface area contributed by atoms with Crippen molar-refractivity contribution in [2.75, 3.05) is 26.4 Å². The summed E-state index contributed by atoms with van der Waals surface area (Å²) in [6.07, 6.45) is -0.353. The molecule has 1 fully saturated rings. The molecule has 0 aromatic carbocycles. The van der Waals surface area contributed by atoms with Gasteiger partial charge in [-0.1, -0.05) is 0 Å². The van der Waals surface area contributed by atoms with E-state index in [9.17, 15) is 4.57 Å². The summed E-state index contributed by atoms with van der Waals surface area (Å²) in [7, 11) is -3.13. The van der Waals surface area contributed by atoms with E-state index in [4.69, 9.17) is 22.9 Å². The molecule has 0 aliphatic carbocycles. The van der Waals surface area contributed by atoms with Gasteiger partial charge in [-0.05, 0) is 26.0 Å². The monoisotopic (exact) mass is 290 g/mol. The van der Waals surface area contributed by atoms with E-state index >= 15 is 0 Å². The van der Waals surface area contributed by atoms with Gasteiger partial charge in [-0.3, -0.25) is 4.57 Å². The van der Waals surface area contributed by atoms with Crippen LogP contribution in [0.4, 0.5) is 0 Å². The standard InChI is InChI=1S/C12H19O6P/c1-3-16-19(13,17-4-2)9-10-5-6-11(18-10)12-14-7-8-15-12/h5-6,12H,3-4,7-9H2,1-2H3. The van der Waals surface area contributed by atoms with E-state index in [1.54, 1.807) is 26.0 Å². The van der Waals surface area contributed by atoms with Crippen LogP contribution < -0.4 is 0 Å². The number of hydrogen-bond donors (Lipinski definition) is 0. The molecule has 1 aliphatic rings. The van der Waals surface area contributed by atoms with E-state index in [0.717, 1.165) is 0 Å². The van der Waals surface area contributed by atoms with Crippen LogP contribution in [0.1, 0.15) is 31.7 Å². The lowest BCUT2D eigenvalue weighted by Gasteiger charge is -2.15. The molecule has 1 aliphatic heterocycles. The Labute approximate surface area is 112 Å². The molecule has 19 heavy (non-hydrogen) atoms. The maximum absolute atomic E-state index is 12.3. The largest absolute Gasteiger partial charge is 0.460 e. The Morgan fingerprint density at radius 1 is 1.21 bits per heavy atom. The average Bonchev–Trinajstić information content (AvgIpc) is 2.98. The molecule has 0 bridgehead atoms. The number of ether oxygens (including phenoxy) is 2. The van der Waals surface area contributed by atoms with Crippen molar-refractivity contribution in [2.45, 2.75) is 26.3 Å². The first-order chi connectivity index (χ1) is 9.17. The first kappa shape index (κ1) is 14.8. The predicted octanol–water partition coefficient (Wildman–Crippen LogP) is 3.09. The zero-order chi connectivity index (χ0) is 13.7. The van der Waals surface area contributed by atoms with Crippen molar-refractivity contribution in [1.82, 2.24) is 0 Å². The minimum atomic E-state index is -3.13. The smallest absolute Gasteiger partial charge is 0.338 e. The summed E-state index contributed by atoms with van der Waals surface area (Å²) in [4.78, 5) is 0. The molecule has 0 amide bonds. The molecule has 108 valence electrons. The van der Waals surface area contributed by atoms with Crippen LogP contribution in [0.3, 0.4) is 0 Å². The molecule has 7 heteroatoms. The first-order valence-electron chi connectivity index (χ1n) is 6.37. The van der Waals surface area contributed by atoms with Gasteiger partial charge >= 0.3 is 7.60 Å². The van der Waals surface area contributed by atoms with Crippen LogP contribution in [0.5, 0.6) is 0 Å². The average molecular weight is 290 g/mol. The van der Waals surface area contributed by atoms with Crippen molar-refractivity contribution >= 4 is 7.60 Å². The zero-order valence-corrected chi connectivity index (χ0v) is 12.1. The third-order valence-corrected chi connectivity index (χ3v) is 4.54. The molecule has 0 spiro atoms. The molecule has 0 atom stereocenters. The highest BCUT2D eigenvalue weighted by Gasteiger charge is 2.28. The van der Waals surface area contributed by atoms with Crippen LogP contribution in [0.15, 0.2) is 16.5 Å². The molecule has 0 unspecified atom stereocenters. The van der Waals surface area contributed by atoms with Gasteiger partial charge in [-0.15, -0.1) is 0 Å². The fourth-order valence-corrected chi connectivity index (χ4v) is 3.44. The van der Waals surface area contributed by atoms with Gasteiger partial charge < -0.3 is 22.9 Å². The number of hydrogen-bond acceptors (Lipinski definition) is 6. The maximum atomic E-state index is 12.3. The lowest BCUT2D eigenvalue weighted by molar-refractivity contribution is -0.0593. The minimum Gasteiger partial charge on any atom is -0.460 e. The van der Waals surface area contributed by atoms with E-state index in [-0.39, 0.29) is 6.16 Å². The van der Waals surface area contributed by atoms with Gasteiger partial charge in [0.15, 0.2) is 5.76 Å². The van der Waals surface area contributed by atoms with Crippen LogP contribution in [0, 0.1) is 0 Å². The van der Waals surface area contributed by atoms with Crippen LogP contribution in [-0.4, -0.2) is 26.4 Å². The Balaban J connectivity index is 2.03. The molecule has 6 nitrogen and oxygen atoms in total. The molecule has 1 aromatic rings. The topological polar surface area (TPSA) is 67.1 Å². The van der Waals surface area contributed by atoms with E-state index in [1.165, 1.54) is 0 Å². The van der Waals surface area contributed by atoms with E-state index in [2.05, 4.69) is 0 Å². The fourth-order valence-electron chi connectivity index (χ4n) is 1.84. The second kappa shape index (κ2) is 6.68. The predicted molar refractivity (Wildman–Crippen MR) is 67.9 cm³/mol. The first-order valence-corrected chi connectivity index (χ1v) is 8.09. The van der Waals surface area contributed by atoms with Gasteiger partial charge in [0.2, 0.25) is 6.29 Å². The Hall–Kier alpha value is -0.650. The van der Waals surface area contributed by atoms with E-state index in [0.29, 0.717) is 37.9 Å². The second-order valence-corrected chi connectivity index (χ2v) is 6.04. The summed E-state index contributed by atoms with van der Waals surface area (Å²) in [6.45, 7) is 5.33. The van der Waals surface area contributed by atoms with Crippen molar-refractivity contribution in [3.8, 4) is 0 Å². The molecule has 1 aromatic heterocycles. The Kier molecular flexibility index (Phi) is 5.19. The van der Waals surface area contributed by atoms with Gasteiger partial charge in [-0.25, -0.2) is 0 Å². The molecule has 0 N–H and O–H groups in total.